The number of nitrogens with two attached hydrogens (primary N) is 1. The molecule has 1 atom stereocenters. The van der Waals surface area contributed by atoms with Gasteiger partial charge in [-0.2, -0.15) is 0 Å². The first kappa shape index (κ1) is 11.5. The lowest BCUT2D eigenvalue weighted by Gasteiger charge is -2.00. The quantitative estimate of drug-likeness (QED) is 0.625. The lowest BCUT2D eigenvalue weighted by Crippen LogP contribution is -2.29. The van der Waals surface area contributed by atoms with Gasteiger partial charge in [0.25, 0.3) is 0 Å². The molecule has 0 fully saturated rings. The van der Waals surface area contributed by atoms with E-state index in [9.17, 15) is 4.79 Å². The predicted octanol–water partition coefficient (Wildman–Crippen LogP) is 0.620. The molecule has 0 aromatic heterocycles. The summed E-state index contributed by atoms with van der Waals surface area (Å²) in [7, 11) is 0. The first-order chi connectivity index (χ1) is 3.68. The van der Waals surface area contributed by atoms with Crippen molar-refractivity contribution in [2.24, 2.45) is 5.73 Å². The van der Waals surface area contributed by atoms with Crippen LogP contribution >= 0.6 is 12.4 Å². The Hall–Kier alpha value is -0.280. The molecule has 0 aromatic rings. The third-order valence-corrected chi connectivity index (χ3v) is 0.917. The second-order valence-electron chi connectivity index (χ2n) is 1.73. The lowest BCUT2D eigenvalue weighted by atomic mass is 10.2. The summed E-state index contributed by atoms with van der Waals surface area (Å²) in [6.45, 7) is 1.91. The van der Waals surface area contributed by atoms with Gasteiger partial charge in [-0.25, -0.2) is 0 Å². The summed E-state index contributed by atoms with van der Waals surface area (Å²) in [4.78, 5) is 9.96. The molecular weight excluding hydrogens is 142 g/mol. The zero-order chi connectivity index (χ0) is 6.57. The van der Waals surface area contributed by atoms with Crippen LogP contribution in [0, 0.1) is 0 Å². The van der Waals surface area contributed by atoms with Gasteiger partial charge in [-0.1, -0.05) is 13.3 Å². The van der Waals surface area contributed by atoms with E-state index < -0.39 is 12.0 Å². The molecule has 0 saturated carbocycles. The minimum atomic E-state index is -0.910. The van der Waals surface area contributed by atoms with Gasteiger partial charge in [-0.3, -0.25) is 4.79 Å². The highest BCUT2D eigenvalue weighted by atomic mass is 35.5. The normalized spacial score (nSPS) is 11.8. The molecule has 0 spiro atoms. The van der Waals surface area contributed by atoms with Crippen LogP contribution in [0.25, 0.3) is 0 Å². The minimum absolute atomic E-state index is 0. The van der Waals surface area contributed by atoms with Crippen LogP contribution < -0.4 is 5.73 Å². The monoisotopic (exact) mass is 153 g/mol. The second-order valence-corrected chi connectivity index (χ2v) is 1.73. The Morgan fingerprint density at radius 1 is 1.78 bits per heavy atom. The van der Waals surface area contributed by atoms with Gasteiger partial charge in [-0.15, -0.1) is 12.4 Å². The Labute approximate surface area is 60.6 Å². The van der Waals surface area contributed by atoms with Gasteiger partial charge in [-0.05, 0) is 6.42 Å². The molecule has 0 aromatic carbocycles. The first-order valence-electron chi connectivity index (χ1n) is 2.67. The van der Waals surface area contributed by atoms with Crippen molar-refractivity contribution in [3.05, 3.63) is 0 Å². The smallest absolute Gasteiger partial charge is 0.320 e. The molecule has 0 amide bonds. The van der Waals surface area contributed by atoms with Crippen molar-refractivity contribution in [2.75, 3.05) is 0 Å². The van der Waals surface area contributed by atoms with E-state index >= 15 is 0 Å². The van der Waals surface area contributed by atoms with Gasteiger partial charge in [0.2, 0.25) is 0 Å². The van der Waals surface area contributed by atoms with E-state index in [2.05, 4.69) is 0 Å². The van der Waals surface area contributed by atoms with Crippen LogP contribution in [0.15, 0.2) is 0 Å². The standard InChI is InChI=1S/C5H11NO2.ClH/c1-2-3-4(6)5(7)8;/h4H,2-3,6H2,1H3,(H,7,8);1H. The zero-order valence-electron chi connectivity index (χ0n) is 5.33. The fourth-order valence-corrected chi connectivity index (χ4v) is 0.434. The van der Waals surface area contributed by atoms with E-state index in [1.165, 1.54) is 0 Å². The molecular formula is C5H12ClNO2. The molecule has 9 heavy (non-hydrogen) atoms. The summed E-state index contributed by atoms with van der Waals surface area (Å²) in [5.74, 6) is -0.910. The highest BCUT2D eigenvalue weighted by Gasteiger charge is 2.07. The van der Waals surface area contributed by atoms with E-state index in [0.29, 0.717) is 6.42 Å². The summed E-state index contributed by atoms with van der Waals surface area (Å²) >= 11 is 0. The van der Waals surface area contributed by atoms with Gasteiger partial charge >= 0.3 is 5.97 Å². The van der Waals surface area contributed by atoms with Crippen molar-refractivity contribution in [2.45, 2.75) is 25.8 Å². The van der Waals surface area contributed by atoms with Crippen molar-refractivity contribution in [3.63, 3.8) is 0 Å². The number of hydrogen-bond donors (Lipinski definition) is 2. The summed E-state index contributed by atoms with van der Waals surface area (Å²) < 4.78 is 0. The molecule has 0 aliphatic rings. The van der Waals surface area contributed by atoms with Crippen LogP contribution in [0.1, 0.15) is 19.8 Å². The molecule has 0 radical (unpaired) electrons. The summed E-state index contributed by atoms with van der Waals surface area (Å²) in [6.07, 6.45) is 1.39. The second kappa shape index (κ2) is 5.85. The highest BCUT2D eigenvalue weighted by Crippen LogP contribution is 1.91. The molecule has 56 valence electrons. The average molecular weight is 154 g/mol. The number of carbonyl (C=O) groups is 1. The SMILES string of the molecule is CCCC(N)C(=O)O.Cl. The van der Waals surface area contributed by atoms with Crippen molar-refractivity contribution < 1.29 is 9.90 Å². The Kier molecular flexibility index (Phi) is 7.48. The van der Waals surface area contributed by atoms with Gasteiger partial charge in [0, 0.05) is 0 Å². The largest absolute Gasteiger partial charge is 0.480 e. The fraction of sp³-hybridized carbons (Fsp3) is 0.800. The number of carboxylic acid groups (broad SMARTS) is 1. The van der Waals surface area contributed by atoms with E-state index in [4.69, 9.17) is 10.8 Å². The molecule has 0 heterocycles. The Morgan fingerprint density at radius 2 is 2.22 bits per heavy atom. The lowest BCUT2D eigenvalue weighted by molar-refractivity contribution is -0.138. The number of hydrogen-bond acceptors (Lipinski definition) is 2. The Bertz CT molecular complexity index is 87.0. The van der Waals surface area contributed by atoms with Gasteiger partial charge in [0.15, 0.2) is 0 Å². The number of carboxylic acids is 1. The van der Waals surface area contributed by atoms with E-state index in [0.717, 1.165) is 6.42 Å². The molecule has 3 N–H and O–H groups in total. The molecule has 1 unspecified atom stereocenters. The zero-order valence-corrected chi connectivity index (χ0v) is 6.15. The summed E-state index contributed by atoms with van der Waals surface area (Å²) in [6, 6.07) is -0.667. The van der Waals surface area contributed by atoms with Crippen LogP contribution in [0.4, 0.5) is 0 Å². The van der Waals surface area contributed by atoms with Crippen LogP contribution in [0.5, 0.6) is 0 Å². The molecule has 0 saturated heterocycles. The molecule has 0 aliphatic carbocycles. The maximum Gasteiger partial charge on any atom is 0.320 e. The molecule has 3 nitrogen and oxygen atoms in total. The van der Waals surface area contributed by atoms with Crippen LogP contribution in [-0.4, -0.2) is 17.1 Å². The van der Waals surface area contributed by atoms with E-state index in [-0.39, 0.29) is 12.4 Å². The topological polar surface area (TPSA) is 63.3 Å². The highest BCUT2D eigenvalue weighted by molar-refractivity contribution is 5.85. The number of aliphatic carboxylic acids is 1. The maximum atomic E-state index is 9.96. The summed E-state index contributed by atoms with van der Waals surface area (Å²) in [5, 5.41) is 8.19. The predicted molar refractivity (Wildman–Crippen MR) is 37.8 cm³/mol. The molecule has 0 rings (SSSR count). The van der Waals surface area contributed by atoms with E-state index in [1.54, 1.807) is 0 Å². The van der Waals surface area contributed by atoms with Gasteiger partial charge < -0.3 is 10.8 Å². The average Bonchev–Trinajstić information content (AvgIpc) is 1.67. The maximum absolute atomic E-state index is 9.96. The van der Waals surface area contributed by atoms with Crippen molar-refractivity contribution in [1.29, 1.82) is 0 Å². The fourth-order valence-electron chi connectivity index (χ4n) is 0.434. The number of halogens is 1. The van der Waals surface area contributed by atoms with Crippen molar-refractivity contribution in [1.82, 2.24) is 0 Å². The summed E-state index contributed by atoms with van der Waals surface area (Å²) in [5.41, 5.74) is 5.13. The van der Waals surface area contributed by atoms with Crippen molar-refractivity contribution in [3.8, 4) is 0 Å². The molecule has 0 bridgehead atoms. The molecule has 4 heteroatoms. The van der Waals surface area contributed by atoms with Crippen LogP contribution in [0.3, 0.4) is 0 Å². The Balaban J connectivity index is 0. The van der Waals surface area contributed by atoms with Gasteiger partial charge in [0.1, 0.15) is 6.04 Å². The third-order valence-electron chi connectivity index (χ3n) is 0.917. The third kappa shape index (κ3) is 5.59. The van der Waals surface area contributed by atoms with Crippen LogP contribution in [0.2, 0.25) is 0 Å². The minimum Gasteiger partial charge on any atom is -0.480 e. The Morgan fingerprint density at radius 3 is 2.33 bits per heavy atom. The van der Waals surface area contributed by atoms with Crippen molar-refractivity contribution >= 4 is 18.4 Å². The van der Waals surface area contributed by atoms with Crippen LogP contribution in [-0.2, 0) is 4.79 Å². The molecule has 0 aliphatic heterocycles. The first-order valence-corrected chi connectivity index (χ1v) is 2.67. The van der Waals surface area contributed by atoms with E-state index in [1.807, 2.05) is 6.92 Å². The number of rotatable bonds is 3. The van der Waals surface area contributed by atoms with Gasteiger partial charge in [0.05, 0.1) is 0 Å².